The zero-order valence-electron chi connectivity index (χ0n) is 14.6. The van der Waals surface area contributed by atoms with Crippen LogP contribution in [0.1, 0.15) is 17.5 Å². The third-order valence-corrected chi connectivity index (χ3v) is 5.82. The van der Waals surface area contributed by atoms with Gasteiger partial charge >= 0.3 is 0 Å². The predicted octanol–water partition coefficient (Wildman–Crippen LogP) is 0.691. The van der Waals surface area contributed by atoms with Gasteiger partial charge < -0.3 is 5.32 Å². The second-order valence-corrected chi connectivity index (χ2v) is 8.41. The second-order valence-electron chi connectivity index (χ2n) is 6.44. The van der Waals surface area contributed by atoms with Gasteiger partial charge in [-0.2, -0.15) is 0 Å². The lowest BCUT2D eigenvalue weighted by Gasteiger charge is -2.15. The van der Waals surface area contributed by atoms with Crippen molar-refractivity contribution in [1.82, 2.24) is 0 Å². The molecule has 0 aliphatic carbocycles. The Kier molecular flexibility index (Phi) is 5.34. The standard InChI is InChI=1S/C18H18ClN3O4S/c1-11-2-5-13(8-15(11)19)22-17(23)9-16(18(22)24)21-10-12-3-6-14(7-4-12)27(20,25)26/h2-8,16,21H,9-10H2,1H3,(H2,20,25,26)/p+1/t16-/m0/s1. The van der Waals surface area contributed by atoms with Gasteiger partial charge in [-0.05, 0) is 36.8 Å². The molecule has 1 saturated heterocycles. The highest BCUT2D eigenvalue weighted by Gasteiger charge is 2.42. The van der Waals surface area contributed by atoms with Gasteiger partial charge in [0.25, 0.3) is 5.91 Å². The Hall–Kier alpha value is -2.26. The fraction of sp³-hybridized carbons (Fsp3) is 0.222. The van der Waals surface area contributed by atoms with Gasteiger partial charge in [0.2, 0.25) is 15.9 Å². The number of rotatable bonds is 5. The van der Waals surface area contributed by atoms with Crippen molar-refractivity contribution in [3.63, 3.8) is 0 Å². The molecule has 1 aliphatic heterocycles. The van der Waals surface area contributed by atoms with Crippen molar-refractivity contribution in [3.05, 3.63) is 58.6 Å². The van der Waals surface area contributed by atoms with Gasteiger partial charge in [-0.1, -0.05) is 29.8 Å². The van der Waals surface area contributed by atoms with Crippen LogP contribution in [0.3, 0.4) is 0 Å². The molecular formula is C18H19ClN3O4S+. The molecule has 1 aliphatic rings. The predicted molar refractivity (Wildman–Crippen MR) is 101 cm³/mol. The Morgan fingerprint density at radius 3 is 2.44 bits per heavy atom. The minimum Gasteiger partial charge on any atom is -0.332 e. The van der Waals surface area contributed by atoms with Crippen LogP contribution in [0.25, 0.3) is 0 Å². The number of sulfonamides is 1. The summed E-state index contributed by atoms with van der Waals surface area (Å²) in [5.41, 5.74) is 2.15. The molecule has 1 atom stereocenters. The maximum atomic E-state index is 12.7. The van der Waals surface area contributed by atoms with E-state index in [1.165, 1.54) is 12.1 Å². The maximum Gasteiger partial charge on any atom is 0.292 e. The highest BCUT2D eigenvalue weighted by molar-refractivity contribution is 7.89. The van der Waals surface area contributed by atoms with Gasteiger partial charge in [-0.15, -0.1) is 0 Å². The molecule has 7 nitrogen and oxygen atoms in total. The molecule has 142 valence electrons. The summed E-state index contributed by atoms with van der Waals surface area (Å²) in [6.45, 7) is 2.27. The molecule has 3 rings (SSSR count). The number of benzene rings is 2. The van der Waals surface area contributed by atoms with E-state index in [9.17, 15) is 18.0 Å². The maximum absolute atomic E-state index is 12.7. The van der Waals surface area contributed by atoms with Gasteiger partial charge in [-0.25, -0.2) is 18.5 Å². The molecule has 9 heteroatoms. The van der Waals surface area contributed by atoms with Crippen LogP contribution in [-0.4, -0.2) is 26.3 Å². The van der Waals surface area contributed by atoms with Crippen molar-refractivity contribution in [1.29, 1.82) is 0 Å². The number of aryl methyl sites for hydroxylation is 1. The summed E-state index contributed by atoms with van der Waals surface area (Å²) in [6, 6.07) is 10.6. The first-order chi connectivity index (χ1) is 12.7. The minimum absolute atomic E-state index is 0.0285. The smallest absolute Gasteiger partial charge is 0.292 e. The topological polar surface area (TPSA) is 114 Å². The number of hydrogen-bond acceptors (Lipinski definition) is 4. The van der Waals surface area contributed by atoms with Crippen LogP contribution >= 0.6 is 11.6 Å². The van der Waals surface area contributed by atoms with Crippen LogP contribution in [0.5, 0.6) is 0 Å². The minimum atomic E-state index is -3.74. The Bertz CT molecular complexity index is 1010. The van der Waals surface area contributed by atoms with Gasteiger partial charge in [0, 0.05) is 10.6 Å². The van der Waals surface area contributed by atoms with Gasteiger partial charge in [-0.3, -0.25) is 9.59 Å². The summed E-state index contributed by atoms with van der Waals surface area (Å²) in [4.78, 5) is 26.2. The molecule has 4 N–H and O–H groups in total. The lowest BCUT2D eigenvalue weighted by atomic mass is 10.2. The molecule has 0 spiro atoms. The Morgan fingerprint density at radius 1 is 1.19 bits per heavy atom. The number of primary sulfonamides is 1. The lowest BCUT2D eigenvalue weighted by Crippen LogP contribution is -2.90. The number of hydrogen-bond donors (Lipinski definition) is 2. The van der Waals surface area contributed by atoms with Gasteiger partial charge in [0.1, 0.15) is 6.54 Å². The highest BCUT2D eigenvalue weighted by atomic mass is 35.5. The van der Waals surface area contributed by atoms with Crippen molar-refractivity contribution >= 4 is 39.1 Å². The van der Waals surface area contributed by atoms with E-state index in [0.29, 0.717) is 17.3 Å². The third-order valence-electron chi connectivity index (χ3n) is 4.49. The van der Waals surface area contributed by atoms with Crippen molar-refractivity contribution in [2.24, 2.45) is 5.14 Å². The van der Waals surface area contributed by atoms with E-state index in [4.69, 9.17) is 16.7 Å². The van der Waals surface area contributed by atoms with Crippen LogP contribution in [-0.2, 0) is 26.2 Å². The van der Waals surface area contributed by atoms with E-state index in [-0.39, 0.29) is 23.1 Å². The number of nitrogens with zero attached hydrogens (tertiary/aromatic N) is 1. The SMILES string of the molecule is Cc1ccc(N2C(=O)C[C@H]([NH2+]Cc3ccc(S(N)(=O)=O)cc3)C2=O)cc1Cl. The fourth-order valence-corrected chi connectivity index (χ4v) is 3.62. The van der Waals surface area contributed by atoms with E-state index < -0.39 is 16.1 Å². The molecule has 0 unspecified atom stereocenters. The first kappa shape index (κ1) is 19.5. The monoisotopic (exact) mass is 408 g/mol. The Morgan fingerprint density at radius 2 is 1.85 bits per heavy atom. The van der Waals surface area contributed by atoms with Crippen molar-refractivity contribution in [2.45, 2.75) is 30.8 Å². The molecule has 2 aromatic rings. The first-order valence-electron chi connectivity index (χ1n) is 8.25. The number of amides is 2. The number of imide groups is 1. The average molecular weight is 409 g/mol. The Labute approximate surface area is 162 Å². The summed E-state index contributed by atoms with van der Waals surface area (Å²) in [6.07, 6.45) is 0.0968. The summed E-state index contributed by atoms with van der Waals surface area (Å²) < 4.78 is 22.6. The normalized spacial score (nSPS) is 17.6. The summed E-state index contributed by atoms with van der Waals surface area (Å²) >= 11 is 6.10. The van der Waals surface area contributed by atoms with E-state index in [0.717, 1.165) is 16.0 Å². The van der Waals surface area contributed by atoms with Crippen molar-refractivity contribution in [2.75, 3.05) is 4.90 Å². The molecular weight excluding hydrogens is 390 g/mol. The molecule has 0 radical (unpaired) electrons. The van der Waals surface area contributed by atoms with E-state index in [1.54, 1.807) is 35.6 Å². The van der Waals surface area contributed by atoms with Crippen molar-refractivity contribution < 1.29 is 23.3 Å². The Balaban J connectivity index is 1.69. The second kappa shape index (κ2) is 7.40. The molecule has 0 bridgehead atoms. The first-order valence-corrected chi connectivity index (χ1v) is 10.2. The largest absolute Gasteiger partial charge is 0.332 e. The molecule has 1 heterocycles. The summed E-state index contributed by atoms with van der Waals surface area (Å²) in [5, 5.41) is 7.33. The molecule has 0 aromatic heterocycles. The number of anilines is 1. The van der Waals surface area contributed by atoms with E-state index >= 15 is 0 Å². The summed E-state index contributed by atoms with van der Waals surface area (Å²) in [7, 11) is -3.74. The summed E-state index contributed by atoms with van der Waals surface area (Å²) in [5.74, 6) is -0.563. The highest BCUT2D eigenvalue weighted by Crippen LogP contribution is 2.26. The number of carbonyl (C=O) groups is 2. The van der Waals surface area contributed by atoms with Crippen LogP contribution in [0.15, 0.2) is 47.4 Å². The number of carbonyl (C=O) groups excluding carboxylic acids is 2. The van der Waals surface area contributed by atoms with Crippen LogP contribution in [0.4, 0.5) is 5.69 Å². The number of nitrogens with two attached hydrogens (primary N) is 2. The van der Waals surface area contributed by atoms with E-state index in [2.05, 4.69) is 0 Å². The molecule has 27 heavy (non-hydrogen) atoms. The third kappa shape index (κ3) is 4.19. The number of quaternary nitrogens is 1. The quantitative estimate of drug-likeness (QED) is 0.708. The van der Waals surface area contributed by atoms with Crippen LogP contribution < -0.4 is 15.4 Å². The van der Waals surface area contributed by atoms with Gasteiger partial charge in [0.15, 0.2) is 6.04 Å². The fourth-order valence-electron chi connectivity index (χ4n) is 2.93. The zero-order valence-corrected chi connectivity index (χ0v) is 16.1. The van der Waals surface area contributed by atoms with Crippen LogP contribution in [0, 0.1) is 6.92 Å². The lowest BCUT2D eigenvalue weighted by molar-refractivity contribution is -0.690. The van der Waals surface area contributed by atoms with Crippen molar-refractivity contribution in [3.8, 4) is 0 Å². The molecule has 2 amide bonds. The van der Waals surface area contributed by atoms with Gasteiger partial charge in [0.05, 0.1) is 17.0 Å². The molecule has 0 saturated carbocycles. The average Bonchev–Trinajstić information content (AvgIpc) is 2.89. The van der Waals surface area contributed by atoms with Crippen LogP contribution in [0.2, 0.25) is 5.02 Å². The zero-order chi connectivity index (χ0) is 19.8. The van der Waals surface area contributed by atoms with E-state index in [1.807, 2.05) is 6.92 Å². The molecule has 2 aromatic carbocycles. The number of halogens is 1. The molecule has 1 fully saturated rings.